The molecule has 0 heterocycles. The van der Waals surface area contributed by atoms with E-state index in [0.717, 1.165) is 34.0 Å². The predicted octanol–water partition coefficient (Wildman–Crippen LogP) is 3.74. The highest BCUT2D eigenvalue weighted by atomic mass is 32.2. The molecule has 1 atom stereocenters. The Morgan fingerprint density at radius 1 is 1.03 bits per heavy atom. The molecule has 2 aromatic carbocycles. The number of amides is 1. The first-order valence-electron chi connectivity index (χ1n) is 9.31. The number of ether oxygens (including phenoxy) is 2. The van der Waals surface area contributed by atoms with E-state index in [9.17, 15) is 14.4 Å². The van der Waals surface area contributed by atoms with Gasteiger partial charge in [0.15, 0.2) is 5.12 Å². The van der Waals surface area contributed by atoms with Crippen LogP contribution in [0.1, 0.15) is 30.4 Å². The number of benzene rings is 2. The lowest BCUT2D eigenvalue weighted by molar-refractivity contribution is -0.141. The first-order chi connectivity index (χ1) is 14.0. The van der Waals surface area contributed by atoms with E-state index in [-0.39, 0.29) is 29.8 Å². The summed E-state index contributed by atoms with van der Waals surface area (Å²) in [7, 11) is 1.28. The van der Waals surface area contributed by atoms with Crippen molar-refractivity contribution in [3.05, 3.63) is 59.7 Å². The van der Waals surface area contributed by atoms with Crippen molar-refractivity contribution in [2.24, 2.45) is 0 Å². The fraction of sp³-hybridized carbons (Fsp3) is 0.318. The first-order valence-corrected chi connectivity index (χ1v) is 10.3. The van der Waals surface area contributed by atoms with E-state index in [1.165, 1.54) is 14.0 Å². The minimum absolute atomic E-state index is 0.0268. The molecule has 1 aliphatic rings. The van der Waals surface area contributed by atoms with Crippen LogP contribution in [0.3, 0.4) is 0 Å². The summed E-state index contributed by atoms with van der Waals surface area (Å²) < 4.78 is 10.2. The average molecular weight is 413 g/mol. The van der Waals surface area contributed by atoms with E-state index in [0.29, 0.717) is 0 Å². The summed E-state index contributed by atoms with van der Waals surface area (Å²) in [6.07, 6.45) is -0.647. The SMILES string of the molecule is COC(=O)C[C@@H](CSC(C)=O)NC(=O)OCC1c2ccccc2-c2ccccc21. The minimum atomic E-state index is -0.620. The van der Waals surface area contributed by atoms with Gasteiger partial charge in [-0.05, 0) is 22.3 Å². The van der Waals surface area contributed by atoms with E-state index < -0.39 is 18.1 Å². The lowest BCUT2D eigenvalue weighted by atomic mass is 9.98. The van der Waals surface area contributed by atoms with Crippen LogP contribution < -0.4 is 5.32 Å². The van der Waals surface area contributed by atoms with Gasteiger partial charge in [0.1, 0.15) is 6.61 Å². The normalized spacial score (nSPS) is 13.2. The summed E-state index contributed by atoms with van der Waals surface area (Å²) in [4.78, 5) is 35.2. The number of alkyl carbamates (subject to hydrolysis) is 1. The van der Waals surface area contributed by atoms with E-state index in [2.05, 4.69) is 22.2 Å². The molecule has 1 aliphatic carbocycles. The Hall–Kier alpha value is -2.80. The second-order valence-corrected chi connectivity index (χ2v) is 7.95. The van der Waals surface area contributed by atoms with Gasteiger partial charge in [0, 0.05) is 18.6 Å². The molecule has 0 aromatic heterocycles. The molecule has 0 aliphatic heterocycles. The molecule has 0 saturated carbocycles. The Labute approximate surface area is 174 Å². The van der Waals surface area contributed by atoms with Gasteiger partial charge in [-0.25, -0.2) is 4.79 Å². The van der Waals surface area contributed by atoms with Crippen molar-refractivity contribution in [3.63, 3.8) is 0 Å². The van der Waals surface area contributed by atoms with Crippen molar-refractivity contribution in [3.8, 4) is 11.1 Å². The number of hydrogen-bond donors (Lipinski definition) is 1. The molecule has 0 spiro atoms. The number of fused-ring (bicyclic) bond motifs is 3. The molecular formula is C22H23NO5S. The summed E-state index contributed by atoms with van der Waals surface area (Å²) in [6.45, 7) is 1.62. The molecule has 1 amide bonds. The van der Waals surface area contributed by atoms with Crippen LogP contribution in [0.4, 0.5) is 4.79 Å². The summed E-state index contributed by atoms with van der Waals surface area (Å²) in [5.74, 6) is -0.230. The van der Waals surface area contributed by atoms with Crippen molar-refractivity contribution >= 4 is 28.9 Å². The molecule has 0 fully saturated rings. The summed E-state index contributed by atoms with van der Waals surface area (Å²) in [5.41, 5.74) is 4.55. The molecule has 6 nitrogen and oxygen atoms in total. The molecule has 7 heteroatoms. The summed E-state index contributed by atoms with van der Waals surface area (Å²) >= 11 is 1.04. The molecule has 0 bridgehead atoms. The van der Waals surface area contributed by atoms with Gasteiger partial charge >= 0.3 is 12.1 Å². The number of carbonyl (C=O) groups excluding carboxylic acids is 3. The van der Waals surface area contributed by atoms with E-state index in [1.807, 2.05) is 36.4 Å². The number of rotatable bonds is 7. The molecule has 0 radical (unpaired) electrons. The zero-order chi connectivity index (χ0) is 20.8. The second kappa shape index (κ2) is 9.60. The van der Waals surface area contributed by atoms with Crippen molar-refractivity contribution in [1.29, 1.82) is 0 Å². The second-order valence-electron chi connectivity index (χ2n) is 6.75. The first kappa shape index (κ1) is 20.9. The number of thioether (sulfide) groups is 1. The van der Waals surface area contributed by atoms with Crippen molar-refractivity contribution in [1.82, 2.24) is 5.32 Å². The Morgan fingerprint density at radius 3 is 2.17 bits per heavy atom. The van der Waals surface area contributed by atoms with Crippen molar-refractivity contribution < 1.29 is 23.9 Å². The van der Waals surface area contributed by atoms with Crippen LogP contribution in [0.25, 0.3) is 11.1 Å². The van der Waals surface area contributed by atoms with Crippen molar-refractivity contribution in [2.75, 3.05) is 19.5 Å². The van der Waals surface area contributed by atoms with Gasteiger partial charge in [-0.3, -0.25) is 9.59 Å². The van der Waals surface area contributed by atoms with E-state index in [1.54, 1.807) is 0 Å². The fourth-order valence-electron chi connectivity index (χ4n) is 3.46. The van der Waals surface area contributed by atoms with Gasteiger partial charge in [-0.15, -0.1) is 0 Å². The molecule has 3 rings (SSSR count). The molecule has 2 aromatic rings. The van der Waals surface area contributed by atoms with Crippen LogP contribution in [0, 0.1) is 0 Å². The maximum absolute atomic E-state index is 12.4. The minimum Gasteiger partial charge on any atom is -0.469 e. The van der Waals surface area contributed by atoms with Crippen LogP contribution >= 0.6 is 11.8 Å². The third-order valence-corrected chi connectivity index (χ3v) is 5.77. The average Bonchev–Trinajstić information content (AvgIpc) is 3.04. The maximum Gasteiger partial charge on any atom is 0.407 e. The largest absolute Gasteiger partial charge is 0.469 e. The quantitative estimate of drug-likeness (QED) is 0.697. The molecule has 0 unspecified atom stereocenters. The highest BCUT2D eigenvalue weighted by Gasteiger charge is 2.29. The van der Waals surface area contributed by atoms with Crippen LogP contribution in [-0.2, 0) is 19.1 Å². The smallest absolute Gasteiger partial charge is 0.407 e. The van der Waals surface area contributed by atoms with Crippen LogP contribution in [-0.4, -0.2) is 42.7 Å². The van der Waals surface area contributed by atoms with E-state index >= 15 is 0 Å². The summed E-state index contributed by atoms with van der Waals surface area (Å²) in [6, 6.07) is 15.6. The zero-order valence-corrected chi connectivity index (χ0v) is 17.2. The number of carbonyl (C=O) groups is 3. The maximum atomic E-state index is 12.4. The number of esters is 1. The number of nitrogens with one attached hydrogen (secondary N) is 1. The van der Waals surface area contributed by atoms with Gasteiger partial charge in [0.25, 0.3) is 0 Å². The standard InChI is InChI=1S/C22H23NO5S/c1-14(24)29-13-15(11-21(25)27-2)23-22(26)28-12-20-18-9-5-3-7-16(18)17-8-4-6-10-19(17)20/h3-10,15,20H,11-13H2,1-2H3,(H,23,26)/t15-/m0/s1. The Kier molecular flexibility index (Phi) is 6.93. The fourth-order valence-corrected chi connectivity index (χ4v) is 4.10. The Balaban J connectivity index is 1.65. The third kappa shape index (κ3) is 5.17. The number of hydrogen-bond acceptors (Lipinski definition) is 6. The molecule has 152 valence electrons. The van der Waals surface area contributed by atoms with Gasteiger partial charge in [-0.1, -0.05) is 60.3 Å². The van der Waals surface area contributed by atoms with Crippen molar-refractivity contribution in [2.45, 2.75) is 25.3 Å². The molecule has 29 heavy (non-hydrogen) atoms. The van der Waals surface area contributed by atoms with E-state index in [4.69, 9.17) is 4.74 Å². The molecule has 0 saturated heterocycles. The predicted molar refractivity (Wildman–Crippen MR) is 112 cm³/mol. The van der Waals surface area contributed by atoms with Crippen LogP contribution in [0.2, 0.25) is 0 Å². The molecular weight excluding hydrogens is 390 g/mol. The van der Waals surface area contributed by atoms with Crippen LogP contribution in [0.15, 0.2) is 48.5 Å². The van der Waals surface area contributed by atoms with Crippen LogP contribution in [0.5, 0.6) is 0 Å². The van der Waals surface area contributed by atoms with Gasteiger partial charge in [-0.2, -0.15) is 0 Å². The Bertz CT molecular complexity index is 868. The lowest BCUT2D eigenvalue weighted by Crippen LogP contribution is -2.39. The highest BCUT2D eigenvalue weighted by Crippen LogP contribution is 2.44. The monoisotopic (exact) mass is 413 g/mol. The zero-order valence-electron chi connectivity index (χ0n) is 16.3. The molecule has 1 N–H and O–H groups in total. The van der Waals surface area contributed by atoms with Gasteiger partial charge in [0.2, 0.25) is 0 Å². The van der Waals surface area contributed by atoms with Gasteiger partial charge < -0.3 is 14.8 Å². The van der Waals surface area contributed by atoms with Gasteiger partial charge in [0.05, 0.1) is 19.6 Å². The highest BCUT2D eigenvalue weighted by molar-refractivity contribution is 8.13. The topological polar surface area (TPSA) is 81.7 Å². The Morgan fingerprint density at radius 2 is 1.62 bits per heavy atom. The number of methoxy groups -OCH3 is 1. The summed E-state index contributed by atoms with van der Waals surface area (Å²) in [5, 5.41) is 2.59. The third-order valence-electron chi connectivity index (χ3n) is 4.79. The lowest BCUT2D eigenvalue weighted by Gasteiger charge is -2.18.